The predicted molar refractivity (Wildman–Crippen MR) is 79.9 cm³/mol. The van der Waals surface area contributed by atoms with Crippen LogP contribution < -0.4 is 5.32 Å². The van der Waals surface area contributed by atoms with Gasteiger partial charge in [0.1, 0.15) is 0 Å². The number of nitrogens with zero attached hydrogens (tertiary/aromatic N) is 2. The summed E-state index contributed by atoms with van der Waals surface area (Å²) in [5.41, 5.74) is 1.16. The van der Waals surface area contributed by atoms with Crippen LogP contribution in [0.2, 0.25) is 0 Å². The number of nitrogens with one attached hydrogen (secondary N) is 1. The molecule has 0 atom stereocenters. The van der Waals surface area contributed by atoms with Crippen LogP contribution >= 0.6 is 0 Å². The molecule has 0 radical (unpaired) electrons. The van der Waals surface area contributed by atoms with E-state index in [0.717, 1.165) is 31.3 Å². The maximum absolute atomic E-state index is 12.3. The van der Waals surface area contributed by atoms with E-state index in [0.29, 0.717) is 11.1 Å². The molecule has 5 heteroatoms. The number of hydrogen-bond donors (Lipinski definition) is 1. The summed E-state index contributed by atoms with van der Waals surface area (Å²) in [5, 5.41) is 3.61. The molecular weight excluding hydrogens is 266 g/mol. The van der Waals surface area contributed by atoms with Gasteiger partial charge < -0.3 is 10.2 Å². The minimum Gasteiger partial charge on any atom is -0.343 e. The quantitative estimate of drug-likeness (QED) is 0.930. The first-order valence-corrected chi connectivity index (χ1v) is 7.15. The zero-order valence-electron chi connectivity index (χ0n) is 11.7. The van der Waals surface area contributed by atoms with E-state index in [1.807, 2.05) is 24.3 Å². The van der Waals surface area contributed by atoms with Gasteiger partial charge in [-0.05, 0) is 25.0 Å². The van der Waals surface area contributed by atoms with Gasteiger partial charge in [0.15, 0.2) is 0 Å². The van der Waals surface area contributed by atoms with Crippen molar-refractivity contribution in [3.8, 4) is 0 Å². The highest BCUT2D eigenvalue weighted by Crippen LogP contribution is 2.15. The van der Waals surface area contributed by atoms with Gasteiger partial charge in [-0.2, -0.15) is 0 Å². The summed E-state index contributed by atoms with van der Waals surface area (Å²) in [6.45, 7) is 1.64. The zero-order chi connectivity index (χ0) is 14.7. The minimum atomic E-state index is -0.258. The number of hydrogen-bond acceptors (Lipinski definition) is 3. The van der Waals surface area contributed by atoms with Crippen LogP contribution in [0.4, 0.5) is 0 Å². The number of carbonyl (C=O) groups excluding carboxylic acids is 2. The highest BCUT2D eigenvalue weighted by molar-refractivity contribution is 6.06. The number of likely N-dealkylation sites (tertiary alicyclic amines) is 1. The molecule has 1 aliphatic rings. The third kappa shape index (κ3) is 2.86. The molecule has 2 amide bonds. The molecule has 1 aromatic carbocycles. The Labute approximate surface area is 123 Å². The number of pyridine rings is 1. The molecule has 1 aromatic heterocycles. The van der Waals surface area contributed by atoms with Crippen molar-refractivity contribution in [1.29, 1.82) is 0 Å². The van der Waals surface area contributed by atoms with Crippen LogP contribution in [0, 0.1) is 0 Å². The van der Waals surface area contributed by atoms with Gasteiger partial charge in [0.25, 0.3) is 5.91 Å². The molecule has 108 valence electrons. The SMILES string of the molecule is O=C(NCC(=O)N1CCCC1)c1cccc2cccnc12. The summed E-state index contributed by atoms with van der Waals surface area (Å²) in [5.74, 6) is -0.277. The summed E-state index contributed by atoms with van der Waals surface area (Å²) < 4.78 is 0. The molecule has 5 nitrogen and oxygen atoms in total. The van der Waals surface area contributed by atoms with Crippen molar-refractivity contribution < 1.29 is 9.59 Å². The highest BCUT2D eigenvalue weighted by atomic mass is 16.2. The van der Waals surface area contributed by atoms with Gasteiger partial charge >= 0.3 is 0 Å². The van der Waals surface area contributed by atoms with Crippen LogP contribution in [0.1, 0.15) is 23.2 Å². The van der Waals surface area contributed by atoms with Crippen LogP contribution in [0.3, 0.4) is 0 Å². The number of amides is 2. The number of carbonyl (C=O) groups is 2. The highest BCUT2D eigenvalue weighted by Gasteiger charge is 2.19. The van der Waals surface area contributed by atoms with Crippen molar-refractivity contribution in [3.05, 3.63) is 42.1 Å². The largest absolute Gasteiger partial charge is 0.343 e. The molecule has 0 spiro atoms. The van der Waals surface area contributed by atoms with E-state index >= 15 is 0 Å². The zero-order valence-corrected chi connectivity index (χ0v) is 11.7. The van der Waals surface area contributed by atoms with E-state index in [2.05, 4.69) is 10.3 Å². The second kappa shape index (κ2) is 5.91. The maximum atomic E-state index is 12.3. The Balaban J connectivity index is 1.71. The minimum absolute atomic E-state index is 0.0194. The maximum Gasteiger partial charge on any atom is 0.253 e. The van der Waals surface area contributed by atoms with Gasteiger partial charge in [0, 0.05) is 24.7 Å². The molecule has 0 unspecified atom stereocenters. The monoisotopic (exact) mass is 283 g/mol. The van der Waals surface area contributed by atoms with Gasteiger partial charge in [-0.25, -0.2) is 0 Å². The lowest BCUT2D eigenvalue weighted by molar-refractivity contribution is -0.129. The van der Waals surface area contributed by atoms with Crippen molar-refractivity contribution >= 4 is 22.7 Å². The summed E-state index contributed by atoms with van der Waals surface area (Å²) in [4.78, 5) is 30.2. The molecule has 2 heterocycles. The summed E-state index contributed by atoms with van der Waals surface area (Å²) >= 11 is 0. The smallest absolute Gasteiger partial charge is 0.253 e. The molecule has 1 aliphatic heterocycles. The first kappa shape index (κ1) is 13.5. The number of benzene rings is 1. The van der Waals surface area contributed by atoms with Crippen LogP contribution in [0.15, 0.2) is 36.5 Å². The first-order valence-electron chi connectivity index (χ1n) is 7.15. The predicted octanol–water partition coefficient (Wildman–Crippen LogP) is 1.59. The van der Waals surface area contributed by atoms with Crippen LogP contribution in [0.25, 0.3) is 10.9 Å². The molecular formula is C16H17N3O2. The standard InChI is InChI=1S/C16H17N3O2/c20-14(19-9-1-2-10-19)11-18-16(21)13-7-3-5-12-6-4-8-17-15(12)13/h3-8H,1-2,9-11H2,(H,18,21). The number of aromatic nitrogens is 1. The van der Waals surface area contributed by atoms with Gasteiger partial charge in [-0.1, -0.05) is 18.2 Å². The van der Waals surface area contributed by atoms with Crippen LogP contribution in [0.5, 0.6) is 0 Å². The Morgan fingerprint density at radius 1 is 1.14 bits per heavy atom. The third-order valence-corrected chi connectivity index (χ3v) is 3.74. The van der Waals surface area contributed by atoms with E-state index in [4.69, 9.17) is 0 Å². The fourth-order valence-electron chi connectivity index (χ4n) is 2.62. The second-order valence-electron chi connectivity index (χ2n) is 5.15. The lowest BCUT2D eigenvalue weighted by Gasteiger charge is -2.15. The fraction of sp³-hybridized carbons (Fsp3) is 0.312. The van der Waals surface area contributed by atoms with Gasteiger partial charge in [0.05, 0.1) is 17.6 Å². The average molecular weight is 283 g/mol. The Hall–Kier alpha value is -2.43. The number of fused-ring (bicyclic) bond motifs is 1. The Kier molecular flexibility index (Phi) is 3.81. The van der Waals surface area contributed by atoms with Crippen molar-refractivity contribution in [2.24, 2.45) is 0 Å². The van der Waals surface area contributed by atoms with E-state index < -0.39 is 0 Å². The molecule has 21 heavy (non-hydrogen) atoms. The Morgan fingerprint density at radius 2 is 1.90 bits per heavy atom. The summed E-state index contributed by atoms with van der Waals surface area (Å²) in [6, 6.07) is 9.20. The van der Waals surface area contributed by atoms with E-state index in [9.17, 15) is 9.59 Å². The second-order valence-corrected chi connectivity index (χ2v) is 5.15. The fourth-order valence-corrected chi connectivity index (χ4v) is 2.62. The molecule has 0 bridgehead atoms. The van der Waals surface area contributed by atoms with E-state index in [1.165, 1.54) is 0 Å². The summed E-state index contributed by atoms with van der Waals surface area (Å²) in [7, 11) is 0. The van der Waals surface area contributed by atoms with Crippen molar-refractivity contribution in [3.63, 3.8) is 0 Å². The molecule has 2 aromatic rings. The Morgan fingerprint density at radius 3 is 2.71 bits per heavy atom. The summed E-state index contributed by atoms with van der Waals surface area (Å²) in [6.07, 6.45) is 3.76. The number of rotatable bonds is 3. The van der Waals surface area contributed by atoms with Gasteiger partial charge in [0.2, 0.25) is 5.91 Å². The molecule has 1 fully saturated rings. The lowest BCUT2D eigenvalue weighted by atomic mass is 10.1. The topological polar surface area (TPSA) is 62.3 Å². The van der Waals surface area contributed by atoms with Crippen LogP contribution in [-0.4, -0.2) is 41.3 Å². The van der Waals surface area contributed by atoms with Crippen molar-refractivity contribution in [1.82, 2.24) is 15.2 Å². The molecule has 0 aliphatic carbocycles. The molecule has 3 rings (SSSR count). The van der Waals surface area contributed by atoms with E-state index in [1.54, 1.807) is 17.2 Å². The van der Waals surface area contributed by atoms with Gasteiger partial charge in [-0.3, -0.25) is 14.6 Å². The van der Waals surface area contributed by atoms with Crippen molar-refractivity contribution in [2.75, 3.05) is 19.6 Å². The van der Waals surface area contributed by atoms with Crippen molar-refractivity contribution in [2.45, 2.75) is 12.8 Å². The van der Waals surface area contributed by atoms with Crippen LogP contribution in [-0.2, 0) is 4.79 Å². The van der Waals surface area contributed by atoms with E-state index in [-0.39, 0.29) is 18.4 Å². The number of para-hydroxylation sites is 1. The Bertz CT molecular complexity index is 673. The third-order valence-electron chi connectivity index (χ3n) is 3.74. The molecule has 1 N–H and O–H groups in total. The molecule has 1 saturated heterocycles. The molecule has 0 saturated carbocycles. The first-order chi connectivity index (χ1) is 10.3. The van der Waals surface area contributed by atoms with Gasteiger partial charge in [-0.15, -0.1) is 0 Å². The average Bonchev–Trinajstić information content (AvgIpc) is 3.06. The normalized spacial score (nSPS) is 14.4. The lowest BCUT2D eigenvalue weighted by Crippen LogP contribution is -2.38.